The van der Waals surface area contributed by atoms with Gasteiger partial charge in [0.25, 0.3) is 0 Å². The molecule has 10 heteroatoms. The van der Waals surface area contributed by atoms with Crippen molar-refractivity contribution in [3.63, 3.8) is 0 Å². The van der Waals surface area contributed by atoms with E-state index in [1.165, 1.54) is 0 Å². The van der Waals surface area contributed by atoms with Crippen LogP contribution in [0.25, 0.3) is 0 Å². The third kappa shape index (κ3) is 3.54. The van der Waals surface area contributed by atoms with Crippen molar-refractivity contribution in [2.75, 3.05) is 6.61 Å². The SMILES string of the molecule is O=C(O)[C@@H](CO)NS(=O)(=O)c1ccc(Cl)c(F)c1Cl. The van der Waals surface area contributed by atoms with E-state index in [1.54, 1.807) is 4.72 Å². The summed E-state index contributed by atoms with van der Waals surface area (Å²) in [5.41, 5.74) is 0. The van der Waals surface area contributed by atoms with Crippen molar-refractivity contribution < 1.29 is 27.8 Å². The summed E-state index contributed by atoms with van der Waals surface area (Å²) in [5, 5.41) is 16.2. The number of aliphatic hydroxyl groups is 1. The minimum atomic E-state index is -4.41. The summed E-state index contributed by atoms with van der Waals surface area (Å²) in [5.74, 6) is -2.72. The molecule has 6 nitrogen and oxygen atoms in total. The minimum absolute atomic E-state index is 0.374. The fourth-order valence-electron chi connectivity index (χ4n) is 1.13. The molecule has 0 amide bonds. The number of hydrogen-bond donors (Lipinski definition) is 3. The van der Waals surface area contributed by atoms with E-state index < -0.39 is 44.4 Å². The molecule has 0 saturated carbocycles. The van der Waals surface area contributed by atoms with Crippen LogP contribution in [0.1, 0.15) is 0 Å². The Kier molecular flexibility index (Phi) is 5.11. The number of sulfonamides is 1. The van der Waals surface area contributed by atoms with Crippen LogP contribution < -0.4 is 4.72 Å². The van der Waals surface area contributed by atoms with Gasteiger partial charge in [-0.1, -0.05) is 23.2 Å². The molecular weight excluding hydrogens is 324 g/mol. The van der Waals surface area contributed by atoms with Gasteiger partial charge in [0, 0.05) is 0 Å². The van der Waals surface area contributed by atoms with Crippen LogP contribution in [0.2, 0.25) is 10.0 Å². The molecular formula is C9H8Cl2FNO5S. The average molecular weight is 332 g/mol. The van der Waals surface area contributed by atoms with Crippen molar-refractivity contribution in [2.45, 2.75) is 10.9 Å². The fraction of sp³-hybridized carbons (Fsp3) is 0.222. The molecule has 0 spiro atoms. The Bertz CT molecular complexity index is 607. The molecule has 0 aliphatic carbocycles. The second-order valence-corrected chi connectivity index (χ2v) is 5.84. The molecule has 0 aliphatic rings. The van der Waals surface area contributed by atoms with E-state index in [2.05, 4.69) is 0 Å². The zero-order chi connectivity index (χ0) is 14.8. The van der Waals surface area contributed by atoms with Gasteiger partial charge in [0.15, 0.2) is 5.82 Å². The molecule has 0 unspecified atom stereocenters. The zero-order valence-electron chi connectivity index (χ0n) is 9.10. The highest BCUT2D eigenvalue weighted by atomic mass is 35.5. The van der Waals surface area contributed by atoms with E-state index in [9.17, 15) is 17.6 Å². The van der Waals surface area contributed by atoms with Crippen LogP contribution in [0.5, 0.6) is 0 Å². The van der Waals surface area contributed by atoms with Gasteiger partial charge in [-0.2, -0.15) is 4.72 Å². The number of aliphatic carboxylic acids is 1. The second kappa shape index (κ2) is 6.02. The number of rotatable bonds is 5. The Morgan fingerprint density at radius 2 is 2.00 bits per heavy atom. The summed E-state index contributed by atoms with van der Waals surface area (Å²) in [7, 11) is -4.41. The smallest absolute Gasteiger partial charge is 0.324 e. The number of carboxylic acids is 1. The summed E-state index contributed by atoms with van der Waals surface area (Å²) in [6, 6.07) is 0.123. The molecule has 1 atom stereocenters. The van der Waals surface area contributed by atoms with Crippen molar-refractivity contribution in [1.82, 2.24) is 4.72 Å². The monoisotopic (exact) mass is 331 g/mol. The number of aliphatic hydroxyl groups excluding tert-OH is 1. The van der Waals surface area contributed by atoms with E-state index in [1.807, 2.05) is 0 Å². The van der Waals surface area contributed by atoms with Crippen LogP contribution in [0.4, 0.5) is 4.39 Å². The molecule has 1 aromatic rings. The first-order valence-corrected chi connectivity index (χ1v) is 6.94. The summed E-state index contributed by atoms with van der Waals surface area (Å²) in [6.07, 6.45) is 0. The average Bonchev–Trinajstić information content (AvgIpc) is 2.32. The number of halogens is 3. The zero-order valence-corrected chi connectivity index (χ0v) is 11.4. The Morgan fingerprint density at radius 3 is 2.47 bits per heavy atom. The number of hydrogen-bond acceptors (Lipinski definition) is 4. The first kappa shape index (κ1) is 16.1. The lowest BCUT2D eigenvalue weighted by atomic mass is 10.3. The summed E-state index contributed by atoms with van der Waals surface area (Å²) < 4.78 is 38.7. The van der Waals surface area contributed by atoms with Gasteiger partial charge in [0.1, 0.15) is 10.9 Å². The largest absolute Gasteiger partial charge is 0.480 e. The molecule has 1 aromatic carbocycles. The normalized spacial score (nSPS) is 13.3. The molecule has 0 radical (unpaired) electrons. The number of carboxylic acid groups (broad SMARTS) is 1. The van der Waals surface area contributed by atoms with Crippen molar-refractivity contribution in [1.29, 1.82) is 0 Å². The van der Waals surface area contributed by atoms with E-state index in [0.29, 0.717) is 0 Å². The van der Waals surface area contributed by atoms with Gasteiger partial charge in [-0.25, -0.2) is 12.8 Å². The van der Waals surface area contributed by atoms with E-state index in [4.69, 9.17) is 33.4 Å². The molecule has 0 saturated heterocycles. The summed E-state index contributed by atoms with van der Waals surface area (Å²) in [6.45, 7) is -0.970. The molecule has 0 heterocycles. The standard InChI is InChI=1S/C9H8Cl2FNO5S/c10-4-1-2-6(7(11)8(4)12)19(17,18)13-5(3-14)9(15)16/h1-2,5,13-14H,3H2,(H,15,16)/t5-/m1/s1. The third-order valence-electron chi connectivity index (χ3n) is 2.07. The maximum absolute atomic E-state index is 13.4. The predicted octanol–water partition coefficient (Wildman–Crippen LogP) is 0.856. The lowest BCUT2D eigenvalue weighted by Gasteiger charge is -2.13. The Morgan fingerprint density at radius 1 is 1.42 bits per heavy atom. The fourth-order valence-corrected chi connectivity index (χ4v) is 3.06. The van der Waals surface area contributed by atoms with E-state index >= 15 is 0 Å². The van der Waals surface area contributed by atoms with Crippen LogP contribution in [0.15, 0.2) is 17.0 Å². The molecule has 106 valence electrons. The maximum atomic E-state index is 13.4. The van der Waals surface area contributed by atoms with Crippen LogP contribution >= 0.6 is 23.2 Å². The Balaban J connectivity index is 3.22. The molecule has 0 aliphatic heterocycles. The van der Waals surface area contributed by atoms with Crippen LogP contribution in [-0.2, 0) is 14.8 Å². The van der Waals surface area contributed by atoms with Crippen molar-refractivity contribution in [2.24, 2.45) is 0 Å². The quantitative estimate of drug-likeness (QED) is 0.694. The predicted molar refractivity (Wildman–Crippen MR) is 65.3 cm³/mol. The van der Waals surface area contributed by atoms with Crippen molar-refractivity contribution in [3.05, 3.63) is 28.0 Å². The highest BCUT2D eigenvalue weighted by Crippen LogP contribution is 2.29. The molecule has 0 aromatic heterocycles. The maximum Gasteiger partial charge on any atom is 0.324 e. The van der Waals surface area contributed by atoms with Crippen molar-refractivity contribution in [3.8, 4) is 0 Å². The Labute approximate surface area is 117 Å². The number of nitrogens with one attached hydrogen (secondary N) is 1. The topological polar surface area (TPSA) is 104 Å². The van der Waals surface area contributed by atoms with Gasteiger partial charge in [-0.3, -0.25) is 4.79 Å². The van der Waals surface area contributed by atoms with Gasteiger partial charge in [0.2, 0.25) is 10.0 Å². The molecule has 3 N–H and O–H groups in total. The van der Waals surface area contributed by atoms with E-state index in [-0.39, 0.29) is 5.02 Å². The number of benzene rings is 1. The van der Waals surface area contributed by atoms with Crippen LogP contribution in [0.3, 0.4) is 0 Å². The third-order valence-corrected chi connectivity index (χ3v) is 4.35. The van der Waals surface area contributed by atoms with Gasteiger partial charge >= 0.3 is 5.97 Å². The molecule has 0 fully saturated rings. The first-order valence-electron chi connectivity index (χ1n) is 4.70. The lowest BCUT2D eigenvalue weighted by molar-refractivity contribution is -0.139. The molecule has 0 bridgehead atoms. The van der Waals surface area contributed by atoms with Gasteiger partial charge < -0.3 is 10.2 Å². The summed E-state index contributed by atoms with van der Waals surface area (Å²) >= 11 is 10.9. The van der Waals surface area contributed by atoms with Gasteiger partial charge in [-0.15, -0.1) is 0 Å². The lowest BCUT2D eigenvalue weighted by Crippen LogP contribution is -2.43. The minimum Gasteiger partial charge on any atom is -0.480 e. The number of carbonyl (C=O) groups is 1. The van der Waals surface area contributed by atoms with E-state index in [0.717, 1.165) is 12.1 Å². The summed E-state index contributed by atoms with van der Waals surface area (Å²) in [4.78, 5) is 9.96. The highest BCUT2D eigenvalue weighted by molar-refractivity contribution is 7.89. The van der Waals surface area contributed by atoms with Crippen LogP contribution in [0, 0.1) is 5.82 Å². The Hall–Kier alpha value is -0.930. The second-order valence-electron chi connectivity index (χ2n) is 3.37. The van der Waals surface area contributed by atoms with Gasteiger partial charge in [-0.05, 0) is 12.1 Å². The highest BCUT2D eigenvalue weighted by Gasteiger charge is 2.28. The first-order chi connectivity index (χ1) is 8.70. The molecule has 1 rings (SSSR count). The van der Waals surface area contributed by atoms with Crippen LogP contribution in [-0.4, -0.2) is 37.2 Å². The molecule has 19 heavy (non-hydrogen) atoms. The van der Waals surface area contributed by atoms with Crippen molar-refractivity contribution >= 4 is 39.2 Å². The van der Waals surface area contributed by atoms with Gasteiger partial charge in [0.05, 0.1) is 16.7 Å².